The van der Waals surface area contributed by atoms with Crippen LogP contribution >= 0.6 is 0 Å². The van der Waals surface area contributed by atoms with Gasteiger partial charge in [0.2, 0.25) is 0 Å². The second-order valence-electron chi connectivity index (χ2n) is 4.00. The first-order chi connectivity index (χ1) is 6.67. The normalized spacial score (nSPS) is 28.3. The summed E-state index contributed by atoms with van der Waals surface area (Å²) in [5.41, 5.74) is 0. The van der Waals surface area contributed by atoms with E-state index in [9.17, 15) is 5.11 Å². The van der Waals surface area contributed by atoms with E-state index in [0.717, 1.165) is 18.1 Å². The average Bonchev–Trinajstić information content (AvgIpc) is 2.61. The molecule has 0 bridgehead atoms. The van der Waals surface area contributed by atoms with Gasteiger partial charge >= 0.3 is 0 Å². The second kappa shape index (κ2) is 5.26. The van der Waals surface area contributed by atoms with Crippen molar-refractivity contribution < 1.29 is 14.3 Å². The molecule has 1 heterocycles. The van der Waals surface area contributed by atoms with E-state index in [-0.39, 0.29) is 6.10 Å². The smallest absolute Gasteiger partial charge is 0.192 e. The first kappa shape index (κ1) is 12.2. The molecule has 1 aliphatic rings. The lowest BCUT2D eigenvalue weighted by atomic mass is 10.3. The first-order valence-electron chi connectivity index (χ1n) is 5.61. The molecule has 0 radical (unpaired) electrons. The van der Waals surface area contributed by atoms with Crippen molar-refractivity contribution in [1.29, 1.82) is 0 Å². The van der Waals surface area contributed by atoms with Gasteiger partial charge in [-0.3, -0.25) is 0 Å². The van der Waals surface area contributed by atoms with Crippen LogP contribution < -0.4 is 0 Å². The predicted octanol–water partition coefficient (Wildman–Crippen LogP) is 1.77. The zero-order valence-electron chi connectivity index (χ0n) is 9.45. The molecule has 0 aromatic carbocycles. The molecule has 1 saturated heterocycles. The molecule has 0 aromatic rings. The third-order valence-corrected chi connectivity index (χ3v) is 8.00. The maximum absolute atomic E-state index is 9.61. The molecular weight excluding hydrogens is 196 g/mol. The summed E-state index contributed by atoms with van der Waals surface area (Å²) in [5.74, 6) is 0. The lowest BCUT2D eigenvalue weighted by Crippen LogP contribution is -2.43. The van der Waals surface area contributed by atoms with Gasteiger partial charge in [-0.2, -0.15) is 0 Å². The van der Waals surface area contributed by atoms with Crippen molar-refractivity contribution in [3.63, 3.8) is 0 Å². The van der Waals surface area contributed by atoms with Crippen LogP contribution in [0.2, 0.25) is 18.1 Å². The number of hydrogen-bond acceptors (Lipinski definition) is 3. The minimum Gasteiger partial charge on any atom is -0.409 e. The summed E-state index contributed by atoms with van der Waals surface area (Å²) in [7, 11) is -1.56. The number of ether oxygens (including phenoxy) is 1. The second-order valence-corrected chi connectivity index (χ2v) is 8.73. The minimum absolute atomic E-state index is 0.0680. The van der Waals surface area contributed by atoms with Crippen molar-refractivity contribution in [1.82, 2.24) is 0 Å². The van der Waals surface area contributed by atoms with Crippen LogP contribution in [0.15, 0.2) is 0 Å². The quantitative estimate of drug-likeness (QED) is 0.715. The van der Waals surface area contributed by atoms with E-state index < -0.39 is 14.4 Å². The molecule has 1 rings (SSSR count). The highest BCUT2D eigenvalue weighted by Gasteiger charge is 2.37. The van der Waals surface area contributed by atoms with E-state index in [0.29, 0.717) is 13.2 Å². The van der Waals surface area contributed by atoms with Crippen molar-refractivity contribution in [2.75, 3.05) is 13.2 Å². The van der Waals surface area contributed by atoms with Gasteiger partial charge in [-0.25, -0.2) is 0 Å². The molecule has 0 aliphatic carbocycles. The highest BCUT2D eigenvalue weighted by molar-refractivity contribution is 6.73. The Morgan fingerprint density at radius 1 is 1.21 bits per heavy atom. The van der Waals surface area contributed by atoms with Gasteiger partial charge in [-0.1, -0.05) is 20.8 Å². The molecule has 4 heteroatoms. The molecule has 0 unspecified atom stereocenters. The van der Waals surface area contributed by atoms with Crippen molar-refractivity contribution >= 4 is 8.32 Å². The molecule has 0 saturated carbocycles. The fraction of sp³-hybridized carbons (Fsp3) is 1.00. The van der Waals surface area contributed by atoms with Crippen molar-refractivity contribution in [3.8, 4) is 0 Å². The van der Waals surface area contributed by atoms with Gasteiger partial charge in [-0.15, -0.1) is 0 Å². The standard InChI is InChI=1S/C10H22O3Si/c1-4-14(5-2,6-3)13-10-8-12-7-9(10)11/h9-11H,4-8H2,1-3H3/t9-,10+/m0/s1. The average molecular weight is 218 g/mol. The van der Waals surface area contributed by atoms with Crippen LogP contribution in [-0.4, -0.2) is 38.8 Å². The third kappa shape index (κ3) is 2.57. The Morgan fingerprint density at radius 3 is 2.14 bits per heavy atom. The van der Waals surface area contributed by atoms with Gasteiger partial charge in [0.1, 0.15) is 6.10 Å². The highest BCUT2D eigenvalue weighted by Crippen LogP contribution is 2.25. The van der Waals surface area contributed by atoms with Crippen LogP contribution in [-0.2, 0) is 9.16 Å². The number of rotatable bonds is 5. The third-order valence-electron chi connectivity index (χ3n) is 3.33. The predicted molar refractivity (Wildman–Crippen MR) is 58.9 cm³/mol. The molecule has 1 aliphatic heterocycles. The van der Waals surface area contributed by atoms with Gasteiger partial charge in [-0.05, 0) is 18.1 Å². The molecule has 84 valence electrons. The van der Waals surface area contributed by atoms with Crippen LogP contribution in [0.4, 0.5) is 0 Å². The van der Waals surface area contributed by atoms with Gasteiger partial charge in [0.15, 0.2) is 8.32 Å². The first-order valence-corrected chi connectivity index (χ1v) is 8.14. The molecule has 1 fully saturated rings. The Balaban J connectivity index is 2.54. The van der Waals surface area contributed by atoms with E-state index in [2.05, 4.69) is 20.8 Å². The van der Waals surface area contributed by atoms with Crippen LogP contribution in [0, 0.1) is 0 Å². The summed E-state index contributed by atoms with van der Waals surface area (Å²) in [4.78, 5) is 0. The van der Waals surface area contributed by atoms with Crippen LogP contribution in [0.25, 0.3) is 0 Å². The fourth-order valence-electron chi connectivity index (χ4n) is 1.96. The minimum atomic E-state index is -1.56. The van der Waals surface area contributed by atoms with E-state index in [1.807, 2.05) is 0 Å². The molecule has 0 amide bonds. The van der Waals surface area contributed by atoms with Gasteiger partial charge in [0, 0.05) is 0 Å². The molecule has 0 aromatic heterocycles. The van der Waals surface area contributed by atoms with Crippen LogP contribution in [0.5, 0.6) is 0 Å². The van der Waals surface area contributed by atoms with E-state index >= 15 is 0 Å². The summed E-state index contributed by atoms with van der Waals surface area (Å²) < 4.78 is 11.3. The van der Waals surface area contributed by atoms with Crippen LogP contribution in [0.1, 0.15) is 20.8 Å². The van der Waals surface area contributed by atoms with Crippen molar-refractivity contribution in [2.45, 2.75) is 51.1 Å². The zero-order chi connectivity index (χ0) is 10.6. The SMILES string of the molecule is CC[Si](CC)(CC)O[C@@H]1COC[C@@H]1O. The lowest BCUT2D eigenvalue weighted by molar-refractivity contribution is 0.0660. The Labute approximate surface area is 87.5 Å². The number of aliphatic hydroxyl groups excluding tert-OH is 1. The maximum atomic E-state index is 9.61. The Kier molecular flexibility index (Phi) is 4.57. The highest BCUT2D eigenvalue weighted by atomic mass is 28.4. The van der Waals surface area contributed by atoms with E-state index in [1.54, 1.807) is 0 Å². The summed E-state index contributed by atoms with van der Waals surface area (Å²) in [6, 6.07) is 3.38. The molecule has 0 spiro atoms. The van der Waals surface area contributed by atoms with E-state index in [4.69, 9.17) is 9.16 Å². The molecular formula is C10H22O3Si. The maximum Gasteiger partial charge on any atom is 0.192 e. The fourth-order valence-corrected chi connectivity index (χ4v) is 4.82. The summed E-state index contributed by atoms with van der Waals surface area (Å²) in [5, 5.41) is 9.61. The monoisotopic (exact) mass is 218 g/mol. The van der Waals surface area contributed by atoms with Gasteiger partial charge in [0.25, 0.3) is 0 Å². The van der Waals surface area contributed by atoms with Gasteiger partial charge in [0.05, 0.1) is 19.3 Å². The molecule has 2 atom stereocenters. The Morgan fingerprint density at radius 2 is 1.79 bits per heavy atom. The summed E-state index contributed by atoms with van der Waals surface area (Å²) in [6.07, 6.45) is -0.479. The Hall–Kier alpha value is 0.0969. The largest absolute Gasteiger partial charge is 0.409 e. The van der Waals surface area contributed by atoms with Gasteiger partial charge < -0.3 is 14.3 Å². The van der Waals surface area contributed by atoms with Crippen LogP contribution in [0.3, 0.4) is 0 Å². The summed E-state index contributed by atoms with van der Waals surface area (Å²) >= 11 is 0. The molecule has 1 N–H and O–H groups in total. The van der Waals surface area contributed by atoms with E-state index in [1.165, 1.54) is 0 Å². The topological polar surface area (TPSA) is 38.7 Å². The molecule has 3 nitrogen and oxygen atoms in total. The van der Waals surface area contributed by atoms with Crippen molar-refractivity contribution in [3.05, 3.63) is 0 Å². The number of hydrogen-bond donors (Lipinski definition) is 1. The lowest BCUT2D eigenvalue weighted by Gasteiger charge is -2.32. The summed E-state index contributed by atoms with van der Waals surface area (Å²) in [6.45, 7) is 7.59. The zero-order valence-corrected chi connectivity index (χ0v) is 10.5. The molecule has 14 heavy (non-hydrogen) atoms. The van der Waals surface area contributed by atoms with Crippen molar-refractivity contribution in [2.24, 2.45) is 0 Å². The number of aliphatic hydroxyl groups is 1. The Bertz CT molecular complexity index is 162.